The Balaban J connectivity index is 1.51. The summed E-state index contributed by atoms with van der Waals surface area (Å²) in [6, 6.07) is 25.2. The van der Waals surface area contributed by atoms with Crippen molar-refractivity contribution in [2.45, 2.75) is 11.4 Å². The second kappa shape index (κ2) is 8.06. The minimum Gasteiger partial charge on any atom is -0.309 e. The lowest BCUT2D eigenvalue weighted by molar-refractivity contribution is -0.133. The van der Waals surface area contributed by atoms with E-state index in [0.29, 0.717) is 29.4 Å². The fraction of sp³-hybridized carbons (Fsp3) is 0.200. The van der Waals surface area contributed by atoms with Crippen LogP contribution in [0.2, 0.25) is 5.02 Å². The highest BCUT2D eigenvalue weighted by Crippen LogP contribution is 2.49. The molecule has 156 valence electrons. The molecule has 31 heavy (non-hydrogen) atoms. The monoisotopic (exact) mass is 448 g/mol. The lowest BCUT2D eigenvalue weighted by Crippen LogP contribution is -2.52. The van der Waals surface area contributed by atoms with E-state index in [4.69, 9.17) is 11.6 Å². The van der Waals surface area contributed by atoms with Crippen LogP contribution < -0.4 is 0 Å². The third kappa shape index (κ3) is 3.24. The number of nitrogens with zero attached hydrogens (tertiary/aromatic N) is 2. The van der Waals surface area contributed by atoms with Gasteiger partial charge in [0.05, 0.1) is 5.75 Å². The molecule has 0 N–H and O–H groups in total. The minimum atomic E-state index is -0.914. The molecule has 3 aromatic rings. The van der Waals surface area contributed by atoms with Crippen molar-refractivity contribution in [3.63, 3.8) is 0 Å². The molecule has 6 heteroatoms. The van der Waals surface area contributed by atoms with Crippen molar-refractivity contribution in [2.75, 3.05) is 18.8 Å². The summed E-state index contributed by atoms with van der Waals surface area (Å²) in [6.45, 7) is 1.01. The molecule has 1 unspecified atom stereocenters. The molecule has 0 radical (unpaired) electrons. The van der Waals surface area contributed by atoms with E-state index in [9.17, 15) is 9.59 Å². The van der Waals surface area contributed by atoms with E-state index in [1.165, 1.54) is 5.56 Å². The van der Waals surface area contributed by atoms with Crippen LogP contribution in [0.25, 0.3) is 0 Å². The number of carbonyl (C=O) groups excluding carboxylic acids is 2. The van der Waals surface area contributed by atoms with E-state index in [1.807, 2.05) is 76.5 Å². The van der Waals surface area contributed by atoms with Gasteiger partial charge in [-0.3, -0.25) is 9.59 Å². The van der Waals surface area contributed by atoms with Gasteiger partial charge in [0.1, 0.15) is 0 Å². The average molecular weight is 449 g/mol. The zero-order chi connectivity index (χ0) is 21.4. The maximum atomic E-state index is 13.5. The van der Waals surface area contributed by atoms with E-state index in [0.717, 1.165) is 16.9 Å². The third-order valence-electron chi connectivity index (χ3n) is 5.99. The van der Waals surface area contributed by atoms with Crippen LogP contribution in [-0.2, 0) is 16.2 Å². The summed E-state index contributed by atoms with van der Waals surface area (Å²) in [7, 11) is 0. The Bertz CT molecular complexity index is 1140. The number of hydrogen-bond acceptors (Lipinski definition) is 3. The highest BCUT2D eigenvalue weighted by Gasteiger charge is 2.59. The van der Waals surface area contributed by atoms with Gasteiger partial charge in [-0.15, -0.1) is 11.8 Å². The first-order valence-corrected chi connectivity index (χ1v) is 11.8. The number of thioether (sulfide) groups is 1. The molecular weight excluding hydrogens is 428 g/mol. The molecule has 0 saturated carbocycles. The van der Waals surface area contributed by atoms with Gasteiger partial charge in [-0.05, 0) is 23.8 Å². The van der Waals surface area contributed by atoms with Crippen LogP contribution in [0.1, 0.15) is 27.0 Å². The Hall–Kier alpha value is -2.76. The van der Waals surface area contributed by atoms with Gasteiger partial charge in [-0.2, -0.15) is 0 Å². The van der Waals surface area contributed by atoms with E-state index in [2.05, 4.69) is 12.1 Å². The predicted octanol–water partition coefficient (Wildman–Crippen LogP) is 4.77. The number of hydrogen-bond donors (Lipinski definition) is 0. The van der Waals surface area contributed by atoms with Crippen molar-refractivity contribution in [1.82, 2.24) is 9.80 Å². The molecule has 0 aliphatic carbocycles. The van der Waals surface area contributed by atoms with Crippen LogP contribution in [0.15, 0.2) is 78.9 Å². The maximum absolute atomic E-state index is 13.5. The van der Waals surface area contributed by atoms with Crippen molar-refractivity contribution in [3.8, 4) is 0 Å². The summed E-state index contributed by atoms with van der Waals surface area (Å²) < 4.78 is 0. The van der Waals surface area contributed by atoms with Crippen LogP contribution in [0.4, 0.5) is 0 Å². The molecule has 0 bridgehead atoms. The van der Waals surface area contributed by atoms with Gasteiger partial charge in [0.15, 0.2) is 5.66 Å². The first kappa shape index (κ1) is 20.2. The van der Waals surface area contributed by atoms with Gasteiger partial charge in [-0.25, -0.2) is 0 Å². The third-order valence-corrected chi connectivity index (χ3v) is 7.23. The molecule has 5 rings (SSSR count). The van der Waals surface area contributed by atoms with Crippen LogP contribution >= 0.6 is 23.4 Å². The summed E-state index contributed by atoms with van der Waals surface area (Å²) >= 11 is 7.75. The summed E-state index contributed by atoms with van der Waals surface area (Å²) in [5.74, 6) is 1.13. The number of rotatable bonds is 5. The highest BCUT2D eigenvalue weighted by molar-refractivity contribution is 7.99. The standard InChI is InChI=1S/C25H21ClN2O2S/c26-20-12-10-19(11-13-20)25-22-9-5-4-8-21(22)24(30)28(25)15-14-27(25)23(29)17-31-16-18-6-2-1-3-7-18/h1-13H,14-17H2. The lowest BCUT2D eigenvalue weighted by atomic mass is 9.90. The second-order valence-electron chi connectivity index (χ2n) is 7.71. The number of benzene rings is 3. The van der Waals surface area contributed by atoms with Gasteiger partial charge in [0.2, 0.25) is 5.91 Å². The summed E-state index contributed by atoms with van der Waals surface area (Å²) in [5.41, 5.74) is 2.68. The fourth-order valence-corrected chi connectivity index (χ4v) is 5.68. The average Bonchev–Trinajstić information content (AvgIpc) is 3.31. The number of fused-ring (bicyclic) bond motifs is 3. The molecule has 1 saturated heterocycles. The van der Waals surface area contributed by atoms with E-state index >= 15 is 0 Å². The van der Waals surface area contributed by atoms with Crippen molar-refractivity contribution >= 4 is 35.2 Å². The molecular formula is C25H21ClN2O2S. The molecule has 2 amide bonds. The normalized spacial score (nSPS) is 19.5. The molecule has 4 nitrogen and oxygen atoms in total. The summed E-state index contributed by atoms with van der Waals surface area (Å²) in [5, 5.41) is 0.624. The molecule has 0 aromatic heterocycles. The van der Waals surface area contributed by atoms with E-state index < -0.39 is 5.66 Å². The number of halogens is 1. The minimum absolute atomic E-state index is 0.0298. The molecule has 0 spiro atoms. The van der Waals surface area contributed by atoms with Gasteiger partial charge >= 0.3 is 0 Å². The van der Waals surface area contributed by atoms with Gasteiger partial charge in [-0.1, -0.05) is 72.3 Å². The van der Waals surface area contributed by atoms with Crippen LogP contribution in [0.5, 0.6) is 0 Å². The van der Waals surface area contributed by atoms with Crippen molar-refractivity contribution < 1.29 is 9.59 Å². The number of amides is 2. The molecule has 1 fully saturated rings. The van der Waals surface area contributed by atoms with Crippen molar-refractivity contribution in [1.29, 1.82) is 0 Å². The van der Waals surface area contributed by atoms with Gasteiger partial charge in [0.25, 0.3) is 5.91 Å². The maximum Gasteiger partial charge on any atom is 0.256 e. The van der Waals surface area contributed by atoms with Crippen molar-refractivity contribution in [2.24, 2.45) is 0 Å². The smallest absolute Gasteiger partial charge is 0.256 e. The molecule has 2 aliphatic heterocycles. The fourth-order valence-electron chi connectivity index (χ4n) is 4.69. The lowest BCUT2D eigenvalue weighted by Gasteiger charge is -2.40. The largest absolute Gasteiger partial charge is 0.309 e. The van der Waals surface area contributed by atoms with E-state index in [1.54, 1.807) is 11.8 Å². The predicted molar refractivity (Wildman–Crippen MR) is 124 cm³/mol. The molecule has 3 aromatic carbocycles. The summed E-state index contributed by atoms with van der Waals surface area (Å²) in [4.78, 5) is 30.4. The van der Waals surface area contributed by atoms with Crippen LogP contribution in [0.3, 0.4) is 0 Å². The molecule has 1 atom stereocenters. The van der Waals surface area contributed by atoms with Gasteiger partial charge in [0, 0.05) is 40.6 Å². The Labute approximate surface area is 190 Å². The first-order valence-electron chi connectivity index (χ1n) is 10.2. The Morgan fingerprint density at radius 3 is 2.42 bits per heavy atom. The molecule has 2 aliphatic rings. The second-order valence-corrected chi connectivity index (χ2v) is 9.13. The van der Waals surface area contributed by atoms with Crippen molar-refractivity contribution in [3.05, 3.63) is 106 Å². The zero-order valence-electron chi connectivity index (χ0n) is 16.8. The Morgan fingerprint density at radius 1 is 0.935 bits per heavy atom. The van der Waals surface area contributed by atoms with Gasteiger partial charge < -0.3 is 9.80 Å². The van der Waals surface area contributed by atoms with E-state index in [-0.39, 0.29) is 11.8 Å². The Morgan fingerprint density at radius 2 is 1.65 bits per heavy atom. The van der Waals surface area contributed by atoms with Crippen LogP contribution in [-0.4, -0.2) is 40.5 Å². The topological polar surface area (TPSA) is 40.6 Å². The zero-order valence-corrected chi connectivity index (χ0v) is 18.4. The Kier molecular flexibility index (Phi) is 5.24. The SMILES string of the molecule is O=C(CSCc1ccccc1)N1CCN2C(=O)c3ccccc3C12c1ccc(Cl)cc1. The first-order chi connectivity index (χ1) is 15.1. The highest BCUT2D eigenvalue weighted by atomic mass is 35.5. The quantitative estimate of drug-likeness (QED) is 0.564. The number of carbonyl (C=O) groups is 2. The molecule has 2 heterocycles. The van der Waals surface area contributed by atoms with Crippen LogP contribution in [0, 0.1) is 0 Å². The summed E-state index contributed by atoms with van der Waals surface area (Å²) in [6.07, 6.45) is 0.